The number of aliphatic hydroxyl groups excluding tert-OH is 2. The van der Waals surface area contributed by atoms with Gasteiger partial charge in [0.25, 0.3) is 5.91 Å². The molecule has 4 N–H and O–H groups in total. The molecule has 2 heterocycles. The molecule has 0 aliphatic carbocycles. The van der Waals surface area contributed by atoms with Crippen LogP contribution in [0.2, 0.25) is 0 Å². The molecule has 0 saturated carbocycles. The summed E-state index contributed by atoms with van der Waals surface area (Å²) in [7, 11) is 1.50. The monoisotopic (exact) mass is 274 g/mol. The molecule has 1 amide bonds. The quantitative estimate of drug-likeness (QED) is 0.473. The number of aliphatic hydroxyl groups is 2. The molecule has 2 aliphatic heterocycles. The van der Waals surface area contributed by atoms with Crippen LogP contribution < -0.4 is 10.6 Å². The molecule has 0 spiro atoms. The Labute approximate surface area is 112 Å². The Balaban J connectivity index is 2.08. The molecule has 2 unspecified atom stereocenters. The van der Waals surface area contributed by atoms with E-state index < -0.39 is 30.3 Å². The fourth-order valence-electron chi connectivity index (χ4n) is 2.69. The van der Waals surface area contributed by atoms with Crippen molar-refractivity contribution in [1.82, 2.24) is 10.6 Å². The molecule has 2 rings (SSSR count). The molecule has 19 heavy (non-hydrogen) atoms. The van der Waals surface area contributed by atoms with Crippen molar-refractivity contribution in [3.63, 3.8) is 0 Å². The molecule has 7 nitrogen and oxygen atoms in total. The van der Waals surface area contributed by atoms with E-state index in [1.807, 2.05) is 0 Å². The van der Waals surface area contributed by atoms with Crippen molar-refractivity contribution in [2.24, 2.45) is 0 Å². The van der Waals surface area contributed by atoms with E-state index in [1.165, 1.54) is 7.11 Å². The first-order valence-electron chi connectivity index (χ1n) is 6.61. The van der Waals surface area contributed by atoms with Crippen molar-refractivity contribution in [1.29, 1.82) is 0 Å². The molecule has 110 valence electrons. The highest BCUT2D eigenvalue weighted by Crippen LogP contribution is 2.28. The first-order valence-corrected chi connectivity index (χ1v) is 6.61. The van der Waals surface area contributed by atoms with E-state index in [-0.39, 0.29) is 6.04 Å². The van der Waals surface area contributed by atoms with Crippen LogP contribution in [-0.2, 0) is 14.3 Å². The summed E-state index contributed by atoms with van der Waals surface area (Å²) in [5, 5.41) is 25.0. The smallest absolute Gasteiger partial charge is 0.257 e. The molecule has 0 bridgehead atoms. The lowest BCUT2D eigenvalue weighted by atomic mass is 9.89. The largest absolute Gasteiger partial charge is 0.393 e. The van der Waals surface area contributed by atoms with Gasteiger partial charge < -0.3 is 30.3 Å². The van der Waals surface area contributed by atoms with Crippen LogP contribution >= 0.6 is 0 Å². The minimum Gasteiger partial charge on any atom is -0.393 e. The van der Waals surface area contributed by atoms with Crippen molar-refractivity contribution in [2.45, 2.75) is 36.7 Å². The summed E-state index contributed by atoms with van der Waals surface area (Å²) >= 11 is 0. The molecule has 7 heteroatoms. The molecular formula is C12H22N2O5. The molecule has 2 aliphatic rings. The van der Waals surface area contributed by atoms with E-state index in [1.54, 1.807) is 0 Å². The summed E-state index contributed by atoms with van der Waals surface area (Å²) in [4.78, 5) is 12.4. The molecule has 0 aromatic carbocycles. The van der Waals surface area contributed by atoms with E-state index in [2.05, 4.69) is 10.6 Å². The summed E-state index contributed by atoms with van der Waals surface area (Å²) in [5.74, 6) is -0.422. The van der Waals surface area contributed by atoms with Crippen molar-refractivity contribution >= 4 is 5.91 Å². The second-order valence-corrected chi connectivity index (χ2v) is 5.07. The summed E-state index contributed by atoms with van der Waals surface area (Å²) in [6.07, 6.45) is 0.360. The van der Waals surface area contributed by atoms with Gasteiger partial charge in [0.2, 0.25) is 0 Å². The Bertz CT molecular complexity index is 327. The van der Waals surface area contributed by atoms with Crippen LogP contribution in [0, 0.1) is 0 Å². The highest BCUT2D eigenvalue weighted by Gasteiger charge is 2.50. The number of rotatable bonds is 4. The molecule has 2 fully saturated rings. The van der Waals surface area contributed by atoms with Gasteiger partial charge in [-0.1, -0.05) is 0 Å². The standard InChI is InChI=1S/C12H22N2O5/c1-18-10-3-2-4-19-12(10,7-15)11(17)14-8-5-13-6-9(8)16/h8-10,13,15-16H,2-7H2,1H3,(H,14,17)/t8-,9-,10?,12?/m0/s1. The number of hydrogen-bond donors (Lipinski definition) is 4. The van der Waals surface area contributed by atoms with Gasteiger partial charge in [-0.3, -0.25) is 4.79 Å². The van der Waals surface area contributed by atoms with Crippen molar-refractivity contribution < 1.29 is 24.5 Å². The minimum absolute atomic E-state index is 0.362. The Morgan fingerprint density at radius 2 is 2.37 bits per heavy atom. The Hall–Kier alpha value is -0.730. The maximum atomic E-state index is 12.4. The Kier molecular flexibility index (Phi) is 4.75. The third-order valence-electron chi connectivity index (χ3n) is 3.89. The van der Waals surface area contributed by atoms with Crippen LogP contribution in [0.4, 0.5) is 0 Å². The topological polar surface area (TPSA) is 100 Å². The lowest BCUT2D eigenvalue weighted by Gasteiger charge is -2.40. The zero-order chi connectivity index (χ0) is 13.9. The molecule has 0 aromatic heterocycles. The molecule has 4 atom stereocenters. The molecule has 0 radical (unpaired) electrons. The second-order valence-electron chi connectivity index (χ2n) is 5.07. The van der Waals surface area contributed by atoms with Gasteiger partial charge in [0.05, 0.1) is 24.9 Å². The number of carbonyl (C=O) groups is 1. The van der Waals surface area contributed by atoms with Crippen LogP contribution in [0.25, 0.3) is 0 Å². The highest BCUT2D eigenvalue weighted by atomic mass is 16.6. The van der Waals surface area contributed by atoms with E-state index in [4.69, 9.17) is 9.47 Å². The summed E-state index contributed by atoms with van der Waals surface area (Å²) in [6, 6.07) is -0.362. The van der Waals surface area contributed by atoms with Gasteiger partial charge in [-0.2, -0.15) is 0 Å². The zero-order valence-corrected chi connectivity index (χ0v) is 11.1. The van der Waals surface area contributed by atoms with Gasteiger partial charge in [0, 0.05) is 26.8 Å². The zero-order valence-electron chi connectivity index (χ0n) is 11.1. The predicted octanol–water partition coefficient (Wildman–Crippen LogP) is -2.01. The number of amides is 1. The summed E-state index contributed by atoms with van der Waals surface area (Å²) < 4.78 is 10.8. The second kappa shape index (κ2) is 6.15. The molecule has 0 aromatic rings. The number of β-amino-alcohol motifs (C(OH)–C–C–N with tert-alkyl or cyclic N) is 1. The van der Waals surface area contributed by atoms with Crippen LogP contribution in [0.1, 0.15) is 12.8 Å². The van der Waals surface area contributed by atoms with Gasteiger partial charge in [-0.05, 0) is 12.8 Å². The van der Waals surface area contributed by atoms with Crippen LogP contribution in [0.5, 0.6) is 0 Å². The average molecular weight is 274 g/mol. The normalized spacial score (nSPS) is 39.2. The third kappa shape index (κ3) is 2.75. The van der Waals surface area contributed by atoms with Crippen molar-refractivity contribution in [2.75, 3.05) is 33.4 Å². The van der Waals surface area contributed by atoms with Gasteiger partial charge in [-0.15, -0.1) is 0 Å². The first kappa shape index (κ1) is 14.7. The van der Waals surface area contributed by atoms with E-state index in [0.717, 1.165) is 6.42 Å². The SMILES string of the molecule is COC1CCCOC1(CO)C(=O)N[C@H]1CNC[C@@H]1O. The van der Waals surface area contributed by atoms with Gasteiger partial charge >= 0.3 is 0 Å². The Morgan fingerprint density at radius 1 is 1.58 bits per heavy atom. The number of carbonyl (C=O) groups excluding carboxylic acids is 1. The van der Waals surface area contributed by atoms with E-state index in [0.29, 0.717) is 26.1 Å². The van der Waals surface area contributed by atoms with Crippen molar-refractivity contribution in [3.8, 4) is 0 Å². The molecular weight excluding hydrogens is 252 g/mol. The van der Waals surface area contributed by atoms with Gasteiger partial charge in [-0.25, -0.2) is 0 Å². The summed E-state index contributed by atoms with van der Waals surface area (Å²) in [5.41, 5.74) is -1.37. The number of methoxy groups -OCH3 is 1. The van der Waals surface area contributed by atoms with Gasteiger partial charge in [0.15, 0.2) is 5.60 Å². The van der Waals surface area contributed by atoms with E-state index in [9.17, 15) is 15.0 Å². The minimum atomic E-state index is -1.37. The van der Waals surface area contributed by atoms with Crippen LogP contribution in [0.15, 0.2) is 0 Å². The maximum absolute atomic E-state index is 12.4. The third-order valence-corrected chi connectivity index (χ3v) is 3.89. The van der Waals surface area contributed by atoms with Crippen LogP contribution in [-0.4, -0.2) is 73.4 Å². The summed E-state index contributed by atoms with van der Waals surface area (Å²) in [6.45, 7) is 0.935. The van der Waals surface area contributed by atoms with Gasteiger partial charge in [0.1, 0.15) is 0 Å². The first-order chi connectivity index (χ1) is 9.14. The number of ether oxygens (including phenoxy) is 2. The average Bonchev–Trinajstić information content (AvgIpc) is 2.83. The van der Waals surface area contributed by atoms with Crippen LogP contribution in [0.3, 0.4) is 0 Å². The Morgan fingerprint density at radius 3 is 2.95 bits per heavy atom. The lowest BCUT2D eigenvalue weighted by Crippen LogP contribution is -2.64. The van der Waals surface area contributed by atoms with E-state index >= 15 is 0 Å². The number of hydrogen-bond acceptors (Lipinski definition) is 6. The lowest BCUT2D eigenvalue weighted by molar-refractivity contribution is -0.194. The fourth-order valence-corrected chi connectivity index (χ4v) is 2.69. The maximum Gasteiger partial charge on any atom is 0.257 e. The van der Waals surface area contributed by atoms with Crippen molar-refractivity contribution in [3.05, 3.63) is 0 Å². The fraction of sp³-hybridized carbons (Fsp3) is 0.917. The predicted molar refractivity (Wildman–Crippen MR) is 66.6 cm³/mol. The highest BCUT2D eigenvalue weighted by molar-refractivity contribution is 5.86. The molecule has 2 saturated heterocycles. The number of nitrogens with one attached hydrogen (secondary N) is 2.